The molecule has 0 amide bonds. The van der Waals surface area contributed by atoms with E-state index in [1.54, 1.807) is 0 Å². The van der Waals surface area contributed by atoms with E-state index in [0.29, 0.717) is 6.54 Å². The van der Waals surface area contributed by atoms with Crippen LogP contribution in [0.5, 0.6) is 0 Å². The normalized spacial score (nSPS) is 17.2. The Morgan fingerprint density at radius 2 is 1.93 bits per heavy atom. The predicted octanol–water partition coefficient (Wildman–Crippen LogP) is -0.237. The topological polar surface area (TPSA) is 58.2 Å². The summed E-state index contributed by atoms with van der Waals surface area (Å²) in [5, 5.41) is 6.52. The SMILES string of the molecule is CS(=O)(=O)CCNCCCNC1CC1. The van der Waals surface area contributed by atoms with E-state index >= 15 is 0 Å². The molecule has 1 aliphatic rings. The highest BCUT2D eigenvalue weighted by atomic mass is 32.2. The van der Waals surface area contributed by atoms with Gasteiger partial charge in [0.25, 0.3) is 0 Å². The zero-order chi connectivity index (χ0) is 10.4. The van der Waals surface area contributed by atoms with Gasteiger partial charge in [-0.3, -0.25) is 0 Å². The summed E-state index contributed by atoms with van der Waals surface area (Å²) in [7, 11) is -2.80. The van der Waals surface area contributed by atoms with Gasteiger partial charge in [0.05, 0.1) is 5.75 Å². The van der Waals surface area contributed by atoms with Gasteiger partial charge in [0, 0.05) is 18.8 Å². The molecule has 0 aromatic rings. The van der Waals surface area contributed by atoms with Crippen molar-refractivity contribution in [1.29, 1.82) is 0 Å². The summed E-state index contributed by atoms with van der Waals surface area (Å²) in [6, 6.07) is 0.769. The number of hydrogen-bond acceptors (Lipinski definition) is 4. The largest absolute Gasteiger partial charge is 0.316 e. The average molecular weight is 220 g/mol. The van der Waals surface area contributed by atoms with Crippen molar-refractivity contribution in [2.24, 2.45) is 0 Å². The molecule has 0 spiro atoms. The molecule has 0 saturated heterocycles. The molecular weight excluding hydrogens is 200 g/mol. The Hall–Kier alpha value is -0.130. The number of nitrogens with one attached hydrogen (secondary N) is 2. The Labute approximate surface area is 86.4 Å². The Morgan fingerprint density at radius 3 is 2.50 bits per heavy atom. The first kappa shape index (κ1) is 11.9. The van der Waals surface area contributed by atoms with Crippen molar-refractivity contribution < 1.29 is 8.42 Å². The van der Waals surface area contributed by atoms with E-state index < -0.39 is 9.84 Å². The lowest BCUT2D eigenvalue weighted by Crippen LogP contribution is -2.26. The van der Waals surface area contributed by atoms with E-state index in [-0.39, 0.29) is 5.75 Å². The van der Waals surface area contributed by atoms with Crippen LogP contribution in [0.4, 0.5) is 0 Å². The standard InChI is InChI=1S/C9H20N2O2S/c1-14(12,13)8-7-10-5-2-6-11-9-3-4-9/h9-11H,2-8H2,1H3. The highest BCUT2D eigenvalue weighted by molar-refractivity contribution is 7.90. The van der Waals surface area contributed by atoms with Crippen molar-refractivity contribution in [3.8, 4) is 0 Å². The molecule has 0 radical (unpaired) electrons. The highest BCUT2D eigenvalue weighted by Crippen LogP contribution is 2.18. The summed E-state index contributed by atoms with van der Waals surface area (Å²) in [5.41, 5.74) is 0. The summed E-state index contributed by atoms with van der Waals surface area (Å²) < 4.78 is 21.5. The molecule has 0 aliphatic heterocycles. The Morgan fingerprint density at radius 1 is 1.21 bits per heavy atom. The first-order chi connectivity index (χ1) is 6.58. The maximum atomic E-state index is 10.8. The van der Waals surface area contributed by atoms with E-state index in [4.69, 9.17) is 0 Å². The van der Waals surface area contributed by atoms with Crippen molar-refractivity contribution in [3.05, 3.63) is 0 Å². The number of hydrogen-bond donors (Lipinski definition) is 2. The van der Waals surface area contributed by atoms with Crippen LogP contribution in [0, 0.1) is 0 Å². The molecule has 5 heteroatoms. The first-order valence-electron chi connectivity index (χ1n) is 5.20. The maximum Gasteiger partial charge on any atom is 0.148 e. The summed E-state index contributed by atoms with van der Waals surface area (Å²) >= 11 is 0. The lowest BCUT2D eigenvalue weighted by molar-refractivity contribution is 0.586. The van der Waals surface area contributed by atoms with Gasteiger partial charge in [-0.15, -0.1) is 0 Å². The molecule has 0 unspecified atom stereocenters. The van der Waals surface area contributed by atoms with E-state index in [9.17, 15) is 8.42 Å². The number of rotatable bonds is 8. The summed E-state index contributed by atoms with van der Waals surface area (Å²) in [4.78, 5) is 0. The molecule has 1 fully saturated rings. The van der Waals surface area contributed by atoms with Crippen molar-refractivity contribution in [2.75, 3.05) is 31.6 Å². The van der Waals surface area contributed by atoms with Crippen LogP contribution in [-0.4, -0.2) is 46.1 Å². The quantitative estimate of drug-likeness (QED) is 0.554. The molecule has 0 heterocycles. The van der Waals surface area contributed by atoms with E-state index in [1.807, 2.05) is 0 Å². The Balaban J connectivity index is 1.79. The molecule has 0 atom stereocenters. The van der Waals surface area contributed by atoms with E-state index in [0.717, 1.165) is 25.6 Å². The van der Waals surface area contributed by atoms with Crippen LogP contribution in [0.25, 0.3) is 0 Å². The fourth-order valence-corrected chi connectivity index (χ4v) is 1.70. The Kier molecular flexibility index (Phi) is 4.84. The van der Waals surface area contributed by atoms with Gasteiger partial charge in [0.2, 0.25) is 0 Å². The third-order valence-corrected chi connectivity index (χ3v) is 3.14. The van der Waals surface area contributed by atoms with Crippen LogP contribution in [0.1, 0.15) is 19.3 Å². The summed E-state index contributed by atoms with van der Waals surface area (Å²) in [5.74, 6) is 0.239. The third-order valence-electron chi connectivity index (χ3n) is 2.19. The summed E-state index contributed by atoms with van der Waals surface area (Å²) in [6.07, 6.45) is 4.98. The fraction of sp³-hybridized carbons (Fsp3) is 1.00. The molecule has 4 nitrogen and oxygen atoms in total. The second-order valence-electron chi connectivity index (χ2n) is 3.96. The van der Waals surface area contributed by atoms with Gasteiger partial charge in [-0.2, -0.15) is 0 Å². The van der Waals surface area contributed by atoms with Crippen LogP contribution in [0.2, 0.25) is 0 Å². The lowest BCUT2D eigenvalue weighted by Gasteiger charge is -2.04. The van der Waals surface area contributed by atoms with Gasteiger partial charge in [-0.1, -0.05) is 0 Å². The van der Waals surface area contributed by atoms with Crippen LogP contribution >= 0.6 is 0 Å². The van der Waals surface area contributed by atoms with Crippen molar-refractivity contribution in [3.63, 3.8) is 0 Å². The average Bonchev–Trinajstić information content (AvgIpc) is 2.84. The summed E-state index contributed by atoms with van der Waals surface area (Å²) in [6.45, 7) is 2.51. The molecule has 0 aromatic carbocycles. The third kappa shape index (κ3) is 7.29. The predicted molar refractivity (Wildman–Crippen MR) is 58.2 cm³/mol. The van der Waals surface area contributed by atoms with Gasteiger partial charge in [-0.05, 0) is 32.4 Å². The molecule has 1 rings (SSSR count). The smallest absolute Gasteiger partial charge is 0.148 e. The maximum absolute atomic E-state index is 10.8. The van der Waals surface area contributed by atoms with Crippen molar-refractivity contribution in [2.45, 2.75) is 25.3 Å². The molecule has 84 valence electrons. The van der Waals surface area contributed by atoms with Crippen LogP contribution in [0.15, 0.2) is 0 Å². The van der Waals surface area contributed by atoms with Crippen molar-refractivity contribution >= 4 is 9.84 Å². The second kappa shape index (κ2) is 5.68. The fourth-order valence-electron chi connectivity index (χ4n) is 1.19. The first-order valence-corrected chi connectivity index (χ1v) is 7.26. The Bertz CT molecular complexity index is 248. The lowest BCUT2D eigenvalue weighted by atomic mass is 10.4. The van der Waals surface area contributed by atoms with E-state index in [2.05, 4.69) is 10.6 Å². The minimum Gasteiger partial charge on any atom is -0.316 e. The van der Waals surface area contributed by atoms with Gasteiger partial charge >= 0.3 is 0 Å². The molecule has 14 heavy (non-hydrogen) atoms. The molecule has 0 bridgehead atoms. The van der Waals surface area contributed by atoms with Gasteiger partial charge in [0.1, 0.15) is 9.84 Å². The monoisotopic (exact) mass is 220 g/mol. The van der Waals surface area contributed by atoms with Crippen molar-refractivity contribution in [1.82, 2.24) is 10.6 Å². The van der Waals surface area contributed by atoms with Gasteiger partial charge in [-0.25, -0.2) is 8.42 Å². The molecule has 0 aromatic heterocycles. The van der Waals surface area contributed by atoms with Gasteiger partial charge < -0.3 is 10.6 Å². The van der Waals surface area contributed by atoms with Crippen LogP contribution in [-0.2, 0) is 9.84 Å². The highest BCUT2D eigenvalue weighted by Gasteiger charge is 2.19. The molecule has 1 saturated carbocycles. The van der Waals surface area contributed by atoms with Gasteiger partial charge in [0.15, 0.2) is 0 Å². The van der Waals surface area contributed by atoms with E-state index in [1.165, 1.54) is 19.1 Å². The number of sulfone groups is 1. The molecule has 1 aliphatic carbocycles. The zero-order valence-electron chi connectivity index (χ0n) is 8.75. The minimum atomic E-state index is -2.80. The van der Waals surface area contributed by atoms with Crippen LogP contribution < -0.4 is 10.6 Å². The molecule has 2 N–H and O–H groups in total. The second-order valence-corrected chi connectivity index (χ2v) is 6.22. The molecular formula is C9H20N2O2S. The minimum absolute atomic E-state index is 0.239. The van der Waals surface area contributed by atoms with Crippen LogP contribution in [0.3, 0.4) is 0 Å². The zero-order valence-corrected chi connectivity index (χ0v) is 9.57.